The molecule has 0 saturated carbocycles. The Bertz CT molecular complexity index is 1100. The quantitative estimate of drug-likeness (QED) is 0.0263. The highest BCUT2D eigenvalue weighted by Crippen LogP contribution is 2.14. The van der Waals surface area contributed by atoms with E-state index < -0.39 is 6.10 Å². The number of esters is 3. The first kappa shape index (κ1) is 57.1. The molecule has 0 aromatic heterocycles. The summed E-state index contributed by atoms with van der Waals surface area (Å²) in [6.45, 7) is 6.45. The molecule has 346 valence electrons. The standard InChI is InChI=1S/C54H94O6/c1-4-7-10-13-16-19-22-24-26-27-28-29-31-32-35-38-41-44-47-53(56)59-50-51(49-58-52(55)46-43-40-37-34-21-18-15-12-9-6-3)60-54(57)48-45-42-39-36-33-30-25-23-20-17-14-11-8-5-2/h8,11,15,17-18,20,25,28-30,51H,4-7,9-10,12-14,16,19,21-24,26-27,31-50H2,1-3H3/b11-8-,18-15-,20-17-,29-28-,30-25-. The number of allylic oxidation sites excluding steroid dienone is 10. The summed E-state index contributed by atoms with van der Waals surface area (Å²) >= 11 is 0. The molecule has 0 saturated heterocycles. The highest BCUT2D eigenvalue weighted by atomic mass is 16.6. The second-order valence-corrected chi connectivity index (χ2v) is 16.7. The maximum atomic E-state index is 12.8. The third-order valence-corrected chi connectivity index (χ3v) is 10.7. The molecule has 0 heterocycles. The summed E-state index contributed by atoms with van der Waals surface area (Å²) in [5.41, 5.74) is 0. The molecule has 6 nitrogen and oxygen atoms in total. The number of carbonyl (C=O) groups is 3. The van der Waals surface area contributed by atoms with E-state index in [4.69, 9.17) is 14.2 Å². The predicted octanol–water partition coefficient (Wildman–Crippen LogP) is 16.5. The van der Waals surface area contributed by atoms with Crippen LogP contribution in [0.1, 0.15) is 245 Å². The molecule has 0 aromatic carbocycles. The molecule has 0 aliphatic heterocycles. The largest absolute Gasteiger partial charge is 0.462 e. The van der Waals surface area contributed by atoms with Gasteiger partial charge in [0.2, 0.25) is 0 Å². The zero-order chi connectivity index (χ0) is 43.7. The van der Waals surface area contributed by atoms with Crippen molar-refractivity contribution in [2.24, 2.45) is 0 Å². The monoisotopic (exact) mass is 839 g/mol. The van der Waals surface area contributed by atoms with Gasteiger partial charge in [-0.25, -0.2) is 0 Å². The van der Waals surface area contributed by atoms with Gasteiger partial charge in [-0.1, -0.05) is 191 Å². The topological polar surface area (TPSA) is 78.9 Å². The van der Waals surface area contributed by atoms with Crippen molar-refractivity contribution in [3.8, 4) is 0 Å². The van der Waals surface area contributed by atoms with Gasteiger partial charge in [-0.05, 0) is 96.3 Å². The second kappa shape index (κ2) is 48.8. The zero-order valence-corrected chi connectivity index (χ0v) is 39.5. The van der Waals surface area contributed by atoms with E-state index in [1.807, 2.05) is 0 Å². The van der Waals surface area contributed by atoms with Crippen LogP contribution in [0, 0.1) is 0 Å². The Morgan fingerprint density at radius 1 is 0.350 bits per heavy atom. The first-order chi connectivity index (χ1) is 29.5. The number of unbranched alkanes of at least 4 members (excludes halogenated alkanes) is 24. The van der Waals surface area contributed by atoms with E-state index in [9.17, 15) is 14.4 Å². The average molecular weight is 839 g/mol. The van der Waals surface area contributed by atoms with Crippen molar-refractivity contribution in [1.29, 1.82) is 0 Å². The molecule has 0 aliphatic rings. The van der Waals surface area contributed by atoms with Crippen LogP contribution in [-0.2, 0) is 28.6 Å². The van der Waals surface area contributed by atoms with Crippen LogP contribution in [0.2, 0.25) is 0 Å². The van der Waals surface area contributed by atoms with E-state index in [1.165, 1.54) is 89.9 Å². The Morgan fingerprint density at radius 2 is 0.667 bits per heavy atom. The van der Waals surface area contributed by atoms with Gasteiger partial charge in [0.1, 0.15) is 13.2 Å². The van der Waals surface area contributed by atoms with E-state index in [-0.39, 0.29) is 31.1 Å². The summed E-state index contributed by atoms with van der Waals surface area (Å²) < 4.78 is 16.7. The SMILES string of the molecule is CC/C=C\C/C=C\C/C=C\CCCCCCC(=O)OC(COC(=O)CCCCCC/C=C\CCCC)COC(=O)CCCCCCC/C=C\CCCCCCCCCCC. The first-order valence-corrected chi connectivity index (χ1v) is 25.3. The van der Waals surface area contributed by atoms with Crippen molar-refractivity contribution in [2.75, 3.05) is 13.2 Å². The van der Waals surface area contributed by atoms with Gasteiger partial charge in [0, 0.05) is 19.3 Å². The number of rotatable bonds is 45. The highest BCUT2D eigenvalue weighted by Gasteiger charge is 2.19. The first-order valence-electron chi connectivity index (χ1n) is 25.3. The number of hydrogen-bond acceptors (Lipinski definition) is 6. The lowest BCUT2D eigenvalue weighted by Crippen LogP contribution is -2.30. The van der Waals surface area contributed by atoms with Crippen LogP contribution < -0.4 is 0 Å². The third-order valence-electron chi connectivity index (χ3n) is 10.7. The Kier molecular flexibility index (Phi) is 46.4. The van der Waals surface area contributed by atoms with Gasteiger partial charge in [0.25, 0.3) is 0 Å². The fourth-order valence-corrected chi connectivity index (χ4v) is 6.90. The summed E-state index contributed by atoms with van der Waals surface area (Å²) in [6, 6.07) is 0. The molecule has 60 heavy (non-hydrogen) atoms. The van der Waals surface area contributed by atoms with E-state index in [2.05, 4.69) is 81.5 Å². The lowest BCUT2D eigenvalue weighted by atomic mass is 10.1. The summed E-state index contributed by atoms with van der Waals surface area (Å²) in [7, 11) is 0. The molecule has 0 radical (unpaired) electrons. The molecular formula is C54H94O6. The fraction of sp³-hybridized carbons (Fsp3) is 0.759. The minimum atomic E-state index is -0.792. The van der Waals surface area contributed by atoms with Gasteiger partial charge in [-0.15, -0.1) is 0 Å². The van der Waals surface area contributed by atoms with Crippen LogP contribution in [0.3, 0.4) is 0 Å². The maximum Gasteiger partial charge on any atom is 0.306 e. The highest BCUT2D eigenvalue weighted by molar-refractivity contribution is 5.71. The summed E-state index contributed by atoms with van der Waals surface area (Å²) in [5.74, 6) is -0.934. The smallest absolute Gasteiger partial charge is 0.306 e. The molecule has 0 N–H and O–H groups in total. The Labute approximate surface area is 370 Å². The van der Waals surface area contributed by atoms with E-state index in [1.54, 1.807) is 0 Å². The normalized spacial score (nSPS) is 12.5. The minimum absolute atomic E-state index is 0.0913. The summed E-state index contributed by atoms with van der Waals surface area (Å²) in [6.07, 6.45) is 59.2. The summed E-state index contributed by atoms with van der Waals surface area (Å²) in [5, 5.41) is 0. The third kappa shape index (κ3) is 46.2. The molecule has 1 atom stereocenters. The van der Waals surface area contributed by atoms with Crippen molar-refractivity contribution in [3.05, 3.63) is 60.8 Å². The Hall–Kier alpha value is -2.89. The maximum absolute atomic E-state index is 12.8. The van der Waals surface area contributed by atoms with Crippen LogP contribution in [0.15, 0.2) is 60.8 Å². The second-order valence-electron chi connectivity index (χ2n) is 16.7. The van der Waals surface area contributed by atoms with Gasteiger partial charge in [-0.2, -0.15) is 0 Å². The molecule has 0 rings (SSSR count). The van der Waals surface area contributed by atoms with Crippen molar-refractivity contribution in [1.82, 2.24) is 0 Å². The van der Waals surface area contributed by atoms with Gasteiger partial charge >= 0.3 is 17.9 Å². The van der Waals surface area contributed by atoms with Crippen LogP contribution in [-0.4, -0.2) is 37.2 Å². The van der Waals surface area contributed by atoms with Crippen molar-refractivity contribution < 1.29 is 28.6 Å². The van der Waals surface area contributed by atoms with E-state index in [0.29, 0.717) is 19.3 Å². The average Bonchev–Trinajstić information content (AvgIpc) is 3.24. The molecule has 0 aliphatic carbocycles. The molecule has 6 heteroatoms. The molecule has 0 spiro atoms. The van der Waals surface area contributed by atoms with Gasteiger partial charge < -0.3 is 14.2 Å². The van der Waals surface area contributed by atoms with Gasteiger partial charge in [0.05, 0.1) is 0 Å². The fourth-order valence-electron chi connectivity index (χ4n) is 6.90. The number of carbonyl (C=O) groups excluding carboxylic acids is 3. The zero-order valence-electron chi connectivity index (χ0n) is 39.5. The minimum Gasteiger partial charge on any atom is -0.462 e. The Balaban J connectivity index is 4.37. The Morgan fingerprint density at radius 3 is 1.08 bits per heavy atom. The van der Waals surface area contributed by atoms with E-state index in [0.717, 1.165) is 116 Å². The molecular weight excluding hydrogens is 745 g/mol. The van der Waals surface area contributed by atoms with Crippen LogP contribution >= 0.6 is 0 Å². The lowest BCUT2D eigenvalue weighted by molar-refractivity contribution is -0.167. The van der Waals surface area contributed by atoms with Gasteiger partial charge in [-0.3, -0.25) is 14.4 Å². The van der Waals surface area contributed by atoms with Crippen LogP contribution in [0.5, 0.6) is 0 Å². The van der Waals surface area contributed by atoms with Crippen LogP contribution in [0.4, 0.5) is 0 Å². The lowest BCUT2D eigenvalue weighted by Gasteiger charge is -2.18. The molecule has 0 amide bonds. The van der Waals surface area contributed by atoms with Crippen molar-refractivity contribution >= 4 is 17.9 Å². The number of hydrogen-bond donors (Lipinski definition) is 0. The predicted molar refractivity (Wildman–Crippen MR) is 256 cm³/mol. The molecule has 0 bridgehead atoms. The number of ether oxygens (including phenoxy) is 3. The van der Waals surface area contributed by atoms with Gasteiger partial charge in [0.15, 0.2) is 6.10 Å². The van der Waals surface area contributed by atoms with Crippen LogP contribution in [0.25, 0.3) is 0 Å². The molecule has 0 fully saturated rings. The van der Waals surface area contributed by atoms with Crippen molar-refractivity contribution in [3.63, 3.8) is 0 Å². The van der Waals surface area contributed by atoms with E-state index >= 15 is 0 Å². The van der Waals surface area contributed by atoms with Crippen molar-refractivity contribution in [2.45, 2.75) is 252 Å². The molecule has 1 unspecified atom stereocenters. The molecule has 0 aromatic rings. The summed E-state index contributed by atoms with van der Waals surface area (Å²) in [4.78, 5) is 37.9.